The van der Waals surface area contributed by atoms with Crippen LogP contribution >= 0.6 is 0 Å². The molecule has 0 unspecified atom stereocenters. The van der Waals surface area contributed by atoms with Gasteiger partial charge in [-0.2, -0.15) is 0 Å². The van der Waals surface area contributed by atoms with Gasteiger partial charge in [0.2, 0.25) is 0 Å². The molecule has 0 radical (unpaired) electrons. The summed E-state index contributed by atoms with van der Waals surface area (Å²) in [5.41, 5.74) is 8.20. The van der Waals surface area contributed by atoms with Crippen molar-refractivity contribution < 1.29 is 9.90 Å². The standard InChI is InChI=1S/C27H39N3O2/c1-26(32)13-11-18-17(15-26)7-8-20-19(18)12-14-27(2)21(20)9-10-22(27)25(31)16-30-24-6-4-3-5-23(24)28-29-30/h3-6,17-22,28-29,32H,7-16H2,1-2H3/t17-,18+,19-,20-,21+,22-,26-,27+/m1/s1. The number of benzene rings is 1. The second kappa shape index (κ2) is 7.46. The normalized spacial score (nSPS) is 44.8. The van der Waals surface area contributed by atoms with E-state index in [-0.39, 0.29) is 11.3 Å². The minimum Gasteiger partial charge on any atom is -0.390 e. The third-order valence-electron chi connectivity index (χ3n) is 10.5. The molecular weight excluding hydrogens is 398 g/mol. The molecule has 1 aromatic carbocycles. The van der Waals surface area contributed by atoms with Crippen LogP contribution in [0.15, 0.2) is 24.3 Å². The zero-order valence-electron chi connectivity index (χ0n) is 19.6. The first-order chi connectivity index (χ1) is 15.4. The summed E-state index contributed by atoms with van der Waals surface area (Å²) in [4.78, 5) is 13.6. The number of hydrogen-bond donors (Lipinski definition) is 3. The second-order valence-electron chi connectivity index (χ2n) is 12.2. The Morgan fingerprint density at radius 3 is 2.72 bits per heavy atom. The topological polar surface area (TPSA) is 64.6 Å². The summed E-state index contributed by atoms with van der Waals surface area (Å²) in [5.74, 6) is 4.45. The van der Waals surface area contributed by atoms with Crippen LogP contribution in [-0.2, 0) is 4.79 Å². The quantitative estimate of drug-likeness (QED) is 0.626. The van der Waals surface area contributed by atoms with Crippen molar-refractivity contribution in [1.29, 1.82) is 0 Å². The van der Waals surface area contributed by atoms with Crippen molar-refractivity contribution in [1.82, 2.24) is 5.53 Å². The highest BCUT2D eigenvalue weighted by Crippen LogP contribution is 2.64. The maximum atomic E-state index is 13.6. The van der Waals surface area contributed by atoms with E-state index in [0.29, 0.717) is 18.2 Å². The Morgan fingerprint density at radius 2 is 1.84 bits per heavy atom. The minimum atomic E-state index is -0.445. The van der Waals surface area contributed by atoms with E-state index in [0.717, 1.165) is 54.3 Å². The summed E-state index contributed by atoms with van der Waals surface area (Å²) >= 11 is 0. The molecule has 0 spiro atoms. The molecule has 174 valence electrons. The third-order valence-corrected chi connectivity index (χ3v) is 10.5. The predicted octanol–water partition coefficient (Wildman–Crippen LogP) is 4.93. The molecule has 6 rings (SSSR count). The van der Waals surface area contributed by atoms with Gasteiger partial charge < -0.3 is 10.5 Å². The molecule has 32 heavy (non-hydrogen) atoms. The second-order valence-corrected chi connectivity index (χ2v) is 12.2. The average molecular weight is 438 g/mol. The fraction of sp³-hybridized carbons (Fsp3) is 0.741. The van der Waals surface area contributed by atoms with Crippen molar-refractivity contribution in [2.75, 3.05) is 17.0 Å². The van der Waals surface area contributed by atoms with Gasteiger partial charge in [0.15, 0.2) is 5.78 Å². The van der Waals surface area contributed by atoms with Crippen molar-refractivity contribution in [2.45, 2.75) is 77.2 Å². The molecule has 1 aliphatic heterocycles. The predicted molar refractivity (Wildman–Crippen MR) is 127 cm³/mol. The van der Waals surface area contributed by atoms with Crippen LogP contribution in [0.4, 0.5) is 11.4 Å². The molecule has 5 aliphatic rings. The van der Waals surface area contributed by atoms with Crippen molar-refractivity contribution in [3.05, 3.63) is 24.3 Å². The number of hydrazine groups is 2. The lowest BCUT2D eigenvalue weighted by Gasteiger charge is -2.56. The Kier molecular flexibility index (Phi) is 4.89. The van der Waals surface area contributed by atoms with Crippen LogP contribution in [0.1, 0.15) is 71.6 Å². The van der Waals surface area contributed by atoms with Gasteiger partial charge >= 0.3 is 0 Å². The van der Waals surface area contributed by atoms with Crippen molar-refractivity contribution in [2.24, 2.45) is 40.9 Å². The van der Waals surface area contributed by atoms with E-state index >= 15 is 0 Å². The first-order valence-electron chi connectivity index (χ1n) is 13.0. The Morgan fingerprint density at radius 1 is 1.03 bits per heavy atom. The molecule has 4 saturated carbocycles. The smallest absolute Gasteiger partial charge is 0.157 e. The number of ketones is 1. The van der Waals surface area contributed by atoms with Crippen LogP contribution in [0.3, 0.4) is 0 Å². The van der Waals surface area contributed by atoms with E-state index in [1.165, 1.54) is 38.5 Å². The molecule has 1 heterocycles. The number of nitrogens with one attached hydrogen (secondary N) is 2. The maximum absolute atomic E-state index is 13.6. The summed E-state index contributed by atoms with van der Waals surface area (Å²) in [6.07, 6.45) is 10.6. The Labute approximate surface area is 192 Å². The number of hydrogen-bond acceptors (Lipinski definition) is 5. The van der Waals surface area contributed by atoms with Gasteiger partial charge in [-0.25, -0.2) is 0 Å². The fourth-order valence-corrected chi connectivity index (χ4v) is 9.00. The van der Waals surface area contributed by atoms with E-state index < -0.39 is 5.60 Å². The molecule has 4 fully saturated rings. The van der Waals surface area contributed by atoms with Crippen molar-refractivity contribution in [3.8, 4) is 0 Å². The molecule has 5 nitrogen and oxygen atoms in total. The van der Waals surface area contributed by atoms with Gasteiger partial charge in [-0.15, -0.1) is 5.53 Å². The van der Waals surface area contributed by atoms with Crippen molar-refractivity contribution in [3.63, 3.8) is 0 Å². The minimum absolute atomic E-state index is 0.165. The fourth-order valence-electron chi connectivity index (χ4n) is 9.00. The highest BCUT2D eigenvalue weighted by molar-refractivity contribution is 5.88. The highest BCUT2D eigenvalue weighted by Gasteiger charge is 2.58. The largest absolute Gasteiger partial charge is 0.390 e. The van der Waals surface area contributed by atoms with Gasteiger partial charge in [0.1, 0.15) is 0 Å². The summed E-state index contributed by atoms with van der Waals surface area (Å²) in [6, 6.07) is 8.16. The zero-order valence-corrected chi connectivity index (χ0v) is 19.6. The number of carbonyl (C=O) groups excluding carboxylic acids is 1. The molecule has 0 amide bonds. The molecule has 4 aliphatic carbocycles. The molecule has 0 bridgehead atoms. The first-order valence-corrected chi connectivity index (χ1v) is 13.0. The number of para-hydroxylation sites is 2. The lowest BCUT2D eigenvalue weighted by Crippen LogP contribution is -2.51. The van der Waals surface area contributed by atoms with E-state index in [1.807, 2.05) is 30.1 Å². The Bertz CT molecular complexity index is 901. The van der Waals surface area contributed by atoms with Crippen LogP contribution in [0.5, 0.6) is 0 Å². The zero-order chi connectivity index (χ0) is 22.1. The van der Waals surface area contributed by atoms with Gasteiger partial charge in [0.25, 0.3) is 0 Å². The van der Waals surface area contributed by atoms with Gasteiger partial charge in [-0.05, 0) is 112 Å². The van der Waals surface area contributed by atoms with Crippen LogP contribution in [0.2, 0.25) is 0 Å². The average Bonchev–Trinajstić information content (AvgIpc) is 3.33. The Hall–Kier alpha value is -1.59. The number of fused-ring (bicyclic) bond motifs is 6. The van der Waals surface area contributed by atoms with Crippen LogP contribution in [-0.4, -0.2) is 23.0 Å². The molecule has 3 N–H and O–H groups in total. The molecule has 1 aromatic rings. The van der Waals surface area contributed by atoms with E-state index in [9.17, 15) is 9.90 Å². The third kappa shape index (κ3) is 3.22. The summed E-state index contributed by atoms with van der Waals surface area (Å²) < 4.78 is 0. The van der Waals surface area contributed by atoms with Crippen LogP contribution < -0.4 is 16.0 Å². The molecule has 0 saturated heterocycles. The lowest BCUT2D eigenvalue weighted by atomic mass is 9.49. The van der Waals surface area contributed by atoms with E-state index in [1.54, 1.807) is 0 Å². The van der Waals surface area contributed by atoms with Gasteiger partial charge in [-0.1, -0.05) is 19.1 Å². The highest BCUT2D eigenvalue weighted by atomic mass is 16.3. The van der Waals surface area contributed by atoms with E-state index in [2.05, 4.69) is 24.0 Å². The summed E-state index contributed by atoms with van der Waals surface area (Å²) in [7, 11) is 0. The van der Waals surface area contributed by atoms with Crippen LogP contribution in [0, 0.1) is 40.9 Å². The van der Waals surface area contributed by atoms with Crippen molar-refractivity contribution >= 4 is 17.2 Å². The maximum Gasteiger partial charge on any atom is 0.157 e. The molecule has 0 aromatic heterocycles. The number of anilines is 2. The molecule has 5 heteroatoms. The molecule has 8 atom stereocenters. The number of aliphatic hydroxyl groups is 1. The monoisotopic (exact) mass is 437 g/mol. The van der Waals surface area contributed by atoms with E-state index in [4.69, 9.17) is 0 Å². The Balaban J connectivity index is 1.17. The summed E-state index contributed by atoms with van der Waals surface area (Å²) in [5, 5.41) is 12.6. The van der Waals surface area contributed by atoms with Gasteiger partial charge in [0.05, 0.1) is 23.5 Å². The van der Waals surface area contributed by atoms with Crippen LogP contribution in [0.25, 0.3) is 0 Å². The first kappa shape index (κ1) is 21.0. The number of carbonyl (C=O) groups is 1. The molecular formula is C27H39N3O2. The number of rotatable bonds is 3. The van der Waals surface area contributed by atoms with Gasteiger partial charge in [0, 0.05) is 5.92 Å². The lowest BCUT2D eigenvalue weighted by molar-refractivity contribution is -0.131. The SMILES string of the molecule is C[C@@]1(O)CC[C@H]2[C@H](CC[C@@H]3[C@@H]2CC[C@]2(C)[C@@H](C(=O)CN4NNc5ccccc54)CC[C@@H]32)C1. The number of Topliss-reactive ketones (excluding diaryl/α,β-unsaturated/α-hetero) is 1. The van der Waals surface area contributed by atoms with Gasteiger partial charge in [-0.3, -0.25) is 9.80 Å². The number of nitrogens with zero attached hydrogens (tertiary/aromatic N) is 1. The summed E-state index contributed by atoms with van der Waals surface area (Å²) in [6.45, 7) is 4.93.